The van der Waals surface area contributed by atoms with Crippen molar-refractivity contribution in [2.45, 2.75) is 25.0 Å². The van der Waals surface area contributed by atoms with Crippen molar-refractivity contribution in [3.8, 4) is 0 Å². The lowest BCUT2D eigenvalue weighted by atomic mass is 10.0. The van der Waals surface area contributed by atoms with Crippen LogP contribution in [0.4, 0.5) is 5.69 Å². The van der Waals surface area contributed by atoms with Crippen molar-refractivity contribution in [2.75, 3.05) is 45.4 Å². The Morgan fingerprint density at radius 3 is 2.80 bits per heavy atom. The number of hydrogen-bond acceptors (Lipinski definition) is 4. The molecule has 2 fully saturated rings. The molecule has 0 aromatic heterocycles. The van der Waals surface area contributed by atoms with Crippen molar-refractivity contribution in [3.63, 3.8) is 0 Å². The summed E-state index contributed by atoms with van der Waals surface area (Å²) in [5, 5.41) is 0. The van der Waals surface area contributed by atoms with E-state index in [2.05, 4.69) is 6.58 Å². The molecule has 1 saturated carbocycles. The van der Waals surface area contributed by atoms with Crippen molar-refractivity contribution in [1.82, 2.24) is 4.90 Å². The maximum absolute atomic E-state index is 13.0. The van der Waals surface area contributed by atoms with Gasteiger partial charge in [-0.3, -0.25) is 4.79 Å². The molecule has 1 aliphatic heterocycles. The lowest BCUT2D eigenvalue weighted by Crippen LogP contribution is -2.53. The highest BCUT2D eigenvalue weighted by Crippen LogP contribution is 2.35. The number of amides is 1. The number of rotatable bonds is 6. The second kappa shape index (κ2) is 8.02. The molecule has 0 bridgehead atoms. The summed E-state index contributed by atoms with van der Waals surface area (Å²) in [6, 6.07) is 7.98. The van der Waals surface area contributed by atoms with E-state index in [4.69, 9.17) is 9.47 Å². The van der Waals surface area contributed by atoms with E-state index in [1.807, 2.05) is 48.2 Å². The molecule has 0 radical (unpaired) electrons. The van der Waals surface area contributed by atoms with Gasteiger partial charge in [0.15, 0.2) is 0 Å². The molecule has 1 aromatic rings. The largest absolute Gasteiger partial charge is 0.378 e. The molecule has 5 heteroatoms. The average molecular weight is 344 g/mol. The summed E-state index contributed by atoms with van der Waals surface area (Å²) in [5.74, 6) is 0.466. The summed E-state index contributed by atoms with van der Waals surface area (Å²) in [6.07, 6.45) is 3.87. The molecular weight excluding hydrogens is 316 g/mol. The van der Waals surface area contributed by atoms with E-state index in [1.54, 1.807) is 6.08 Å². The average Bonchev–Trinajstić information content (AvgIpc) is 3.05. The van der Waals surface area contributed by atoms with Gasteiger partial charge < -0.3 is 19.3 Å². The van der Waals surface area contributed by atoms with Crippen LogP contribution >= 0.6 is 0 Å². The minimum Gasteiger partial charge on any atom is -0.378 e. The zero-order valence-electron chi connectivity index (χ0n) is 15.2. The van der Waals surface area contributed by atoms with Crippen LogP contribution in [-0.4, -0.2) is 63.4 Å². The molecule has 1 saturated heterocycles. The van der Waals surface area contributed by atoms with Gasteiger partial charge in [-0.2, -0.15) is 0 Å². The van der Waals surface area contributed by atoms with Crippen molar-refractivity contribution in [3.05, 3.63) is 42.5 Å². The molecule has 0 spiro atoms. The third-order valence-corrected chi connectivity index (χ3v) is 5.18. The number of benzene rings is 1. The van der Waals surface area contributed by atoms with E-state index in [-0.39, 0.29) is 18.1 Å². The van der Waals surface area contributed by atoms with Gasteiger partial charge in [0.2, 0.25) is 0 Å². The Hall–Kier alpha value is -1.85. The number of anilines is 1. The molecule has 1 amide bonds. The number of carbonyl (C=O) groups excluding carboxylic acids is 1. The smallest absolute Gasteiger partial charge is 0.254 e. The highest BCUT2D eigenvalue weighted by molar-refractivity contribution is 5.95. The molecule has 1 aromatic carbocycles. The molecule has 2 aliphatic rings. The van der Waals surface area contributed by atoms with Crippen LogP contribution in [0, 0.1) is 5.92 Å². The third kappa shape index (κ3) is 3.88. The van der Waals surface area contributed by atoms with Crippen molar-refractivity contribution < 1.29 is 14.3 Å². The van der Waals surface area contributed by atoms with Gasteiger partial charge in [-0.25, -0.2) is 0 Å². The zero-order chi connectivity index (χ0) is 17.8. The SMILES string of the molecule is C=CCOC[C@@H]1CC[C@H]2[C@@H]1OCCN2C(=O)c1ccc(N(C)C)cc1. The Morgan fingerprint density at radius 1 is 1.36 bits per heavy atom. The summed E-state index contributed by atoms with van der Waals surface area (Å²) in [6.45, 7) is 6.18. The maximum Gasteiger partial charge on any atom is 0.254 e. The molecule has 0 N–H and O–H groups in total. The van der Waals surface area contributed by atoms with Crippen LogP contribution in [0.2, 0.25) is 0 Å². The van der Waals surface area contributed by atoms with Crippen molar-refractivity contribution in [2.24, 2.45) is 5.92 Å². The van der Waals surface area contributed by atoms with E-state index < -0.39 is 0 Å². The first-order valence-electron chi connectivity index (χ1n) is 9.00. The Kier molecular flexibility index (Phi) is 5.76. The first kappa shape index (κ1) is 18.0. The van der Waals surface area contributed by atoms with E-state index in [0.717, 1.165) is 24.1 Å². The normalized spacial score (nSPS) is 25.5. The molecule has 3 rings (SSSR count). The van der Waals surface area contributed by atoms with Gasteiger partial charge in [-0.15, -0.1) is 6.58 Å². The highest BCUT2D eigenvalue weighted by atomic mass is 16.5. The topological polar surface area (TPSA) is 42.0 Å². The fraction of sp³-hybridized carbons (Fsp3) is 0.550. The number of hydrogen-bond donors (Lipinski definition) is 0. The minimum atomic E-state index is 0.0866. The van der Waals surface area contributed by atoms with Crippen molar-refractivity contribution in [1.29, 1.82) is 0 Å². The molecule has 0 unspecified atom stereocenters. The first-order valence-corrected chi connectivity index (χ1v) is 9.00. The second-order valence-corrected chi connectivity index (χ2v) is 7.01. The van der Waals surface area contributed by atoms with Gasteiger partial charge in [-0.05, 0) is 37.1 Å². The van der Waals surface area contributed by atoms with Gasteiger partial charge in [0, 0.05) is 37.8 Å². The summed E-state index contributed by atoms with van der Waals surface area (Å²) in [7, 11) is 3.99. The quantitative estimate of drug-likeness (QED) is 0.588. The van der Waals surface area contributed by atoms with Gasteiger partial charge in [0.1, 0.15) is 0 Å². The van der Waals surface area contributed by atoms with E-state index in [1.165, 1.54) is 0 Å². The lowest BCUT2D eigenvalue weighted by Gasteiger charge is -2.39. The summed E-state index contributed by atoms with van der Waals surface area (Å²) >= 11 is 0. The Bertz CT molecular complexity index is 599. The third-order valence-electron chi connectivity index (χ3n) is 5.18. The standard InChI is InChI=1S/C20H28N2O3/c1-4-12-24-14-16-7-10-18-19(16)25-13-11-22(18)20(23)15-5-8-17(9-6-15)21(2)3/h4-6,8-9,16,18-19H,1,7,10-14H2,2-3H3/t16-,18-,19+/m0/s1. The van der Waals surface area contributed by atoms with Crippen LogP contribution < -0.4 is 4.90 Å². The summed E-state index contributed by atoms with van der Waals surface area (Å²) < 4.78 is 11.6. The fourth-order valence-electron chi connectivity index (χ4n) is 3.86. The molecular formula is C20H28N2O3. The van der Waals surface area contributed by atoms with Gasteiger partial charge >= 0.3 is 0 Å². The van der Waals surface area contributed by atoms with Crippen LogP contribution in [0.3, 0.4) is 0 Å². The van der Waals surface area contributed by atoms with E-state index >= 15 is 0 Å². The zero-order valence-corrected chi connectivity index (χ0v) is 15.2. The molecule has 1 aliphatic carbocycles. The van der Waals surface area contributed by atoms with E-state index in [9.17, 15) is 4.79 Å². The predicted octanol–water partition coefficient (Wildman–Crippen LogP) is 2.57. The maximum atomic E-state index is 13.0. The Balaban J connectivity index is 1.67. The Morgan fingerprint density at radius 2 is 2.12 bits per heavy atom. The van der Waals surface area contributed by atoms with Crippen LogP contribution in [-0.2, 0) is 9.47 Å². The number of fused-ring (bicyclic) bond motifs is 1. The Labute approximate surface area is 150 Å². The molecule has 3 atom stereocenters. The predicted molar refractivity (Wildman–Crippen MR) is 99.1 cm³/mol. The van der Waals surface area contributed by atoms with Crippen LogP contribution in [0.15, 0.2) is 36.9 Å². The minimum absolute atomic E-state index is 0.0866. The number of nitrogens with zero attached hydrogens (tertiary/aromatic N) is 2. The highest BCUT2D eigenvalue weighted by Gasteiger charge is 2.44. The number of carbonyl (C=O) groups is 1. The number of ether oxygens (including phenoxy) is 2. The number of morpholine rings is 1. The molecule has 5 nitrogen and oxygen atoms in total. The summed E-state index contributed by atoms with van der Waals surface area (Å²) in [4.78, 5) is 17.0. The monoisotopic (exact) mass is 344 g/mol. The molecule has 1 heterocycles. The van der Waals surface area contributed by atoms with Crippen LogP contribution in [0.25, 0.3) is 0 Å². The first-order chi connectivity index (χ1) is 12.1. The van der Waals surface area contributed by atoms with Gasteiger partial charge in [-0.1, -0.05) is 6.08 Å². The van der Waals surface area contributed by atoms with E-state index in [0.29, 0.717) is 32.3 Å². The fourth-order valence-corrected chi connectivity index (χ4v) is 3.86. The summed E-state index contributed by atoms with van der Waals surface area (Å²) in [5.41, 5.74) is 1.84. The van der Waals surface area contributed by atoms with Gasteiger partial charge in [0.05, 0.1) is 32.0 Å². The molecule has 25 heavy (non-hydrogen) atoms. The van der Waals surface area contributed by atoms with Crippen LogP contribution in [0.5, 0.6) is 0 Å². The molecule has 136 valence electrons. The lowest BCUT2D eigenvalue weighted by molar-refractivity contribution is -0.0738. The van der Waals surface area contributed by atoms with Crippen LogP contribution in [0.1, 0.15) is 23.2 Å². The van der Waals surface area contributed by atoms with Crippen molar-refractivity contribution >= 4 is 11.6 Å². The second-order valence-electron chi connectivity index (χ2n) is 7.01. The van der Waals surface area contributed by atoms with Gasteiger partial charge in [0.25, 0.3) is 5.91 Å².